The molecule has 1 fully saturated rings. The number of hydrogen-bond acceptors (Lipinski definition) is 3. The van der Waals surface area contributed by atoms with Crippen LogP contribution in [-0.2, 0) is 0 Å². The number of nitrogens with zero attached hydrogens (tertiary/aromatic N) is 1. The summed E-state index contributed by atoms with van der Waals surface area (Å²) >= 11 is 0. The van der Waals surface area contributed by atoms with Gasteiger partial charge in [-0.25, -0.2) is 0 Å². The fraction of sp³-hybridized carbons (Fsp3) is 0.412. The number of nitrogens with two attached hydrogens (primary N) is 1. The van der Waals surface area contributed by atoms with E-state index in [1.54, 1.807) is 0 Å². The molecule has 0 amide bonds. The van der Waals surface area contributed by atoms with Crippen molar-refractivity contribution in [2.45, 2.75) is 38.6 Å². The lowest BCUT2D eigenvalue weighted by Gasteiger charge is -2.25. The van der Waals surface area contributed by atoms with Crippen LogP contribution in [0.5, 0.6) is 0 Å². The first-order chi connectivity index (χ1) is 9.63. The molecular formula is C17H20N2O. The molecule has 2 aromatic rings. The van der Waals surface area contributed by atoms with Crippen molar-refractivity contribution in [1.29, 1.82) is 0 Å². The Balaban J connectivity index is 1.89. The molecule has 3 heteroatoms. The maximum Gasteiger partial charge on any atom is 0.166 e. The monoisotopic (exact) mass is 268 g/mol. The van der Waals surface area contributed by atoms with Gasteiger partial charge in [-0.15, -0.1) is 0 Å². The van der Waals surface area contributed by atoms with Gasteiger partial charge in [0.2, 0.25) is 0 Å². The Morgan fingerprint density at radius 2 is 2.10 bits per heavy atom. The third-order valence-electron chi connectivity index (χ3n) is 4.20. The number of ketones is 1. The standard InChI is InChI=1S/C17H20N2O/c1-11-5-6-12-9-14(7-8-16(12)19-11)17(20)13-3-2-4-15(18)10-13/h5-9,13,15H,2-4,10,18H2,1H3. The Kier molecular flexibility index (Phi) is 3.53. The number of carbonyl (C=O) groups is 1. The number of hydrogen-bond donors (Lipinski definition) is 1. The van der Waals surface area contributed by atoms with E-state index in [1.807, 2.05) is 37.3 Å². The maximum atomic E-state index is 12.6. The quantitative estimate of drug-likeness (QED) is 0.851. The minimum Gasteiger partial charge on any atom is -0.328 e. The smallest absolute Gasteiger partial charge is 0.166 e. The molecule has 2 atom stereocenters. The van der Waals surface area contributed by atoms with Gasteiger partial charge in [0.05, 0.1) is 5.52 Å². The lowest BCUT2D eigenvalue weighted by molar-refractivity contribution is 0.0881. The van der Waals surface area contributed by atoms with Gasteiger partial charge < -0.3 is 5.73 Å². The van der Waals surface area contributed by atoms with Gasteiger partial charge in [0.15, 0.2) is 5.78 Å². The molecule has 3 rings (SSSR count). The van der Waals surface area contributed by atoms with Crippen LogP contribution in [-0.4, -0.2) is 16.8 Å². The zero-order chi connectivity index (χ0) is 14.1. The number of benzene rings is 1. The molecule has 1 aromatic heterocycles. The molecule has 1 aliphatic rings. The molecule has 1 aromatic carbocycles. The van der Waals surface area contributed by atoms with Crippen LogP contribution in [0.1, 0.15) is 41.7 Å². The van der Waals surface area contributed by atoms with Crippen LogP contribution in [0.2, 0.25) is 0 Å². The second kappa shape index (κ2) is 5.33. The van der Waals surface area contributed by atoms with Gasteiger partial charge in [0.1, 0.15) is 0 Å². The number of carbonyl (C=O) groups excluding carboxylic acids is 1. The van der Waals surface area contributed by atoms with Gasteiger partial charge in [-0.1, -0.05) is 12.5 Å². The zero-order valence-corrected chi connectivity index (χ0v) is 11.8. The Morgan fingerprint density at radius 1 is 1.25 bits per heavy atom. The molecule has 0 aliphatic heterocycles. The van der Waals surface area contributed by atoms with Gasteiger partial charge in [-0.2, -0.15) is 0 Å². The Bertz CT molecular complexity index is 650. The topological polar surface area (TPSA) is 56.0 Å². The molecule has 1 heterocycles. The SMILES string of the molecule is Cc1ccc2cc(C(=O)C3CCCC(N)C3)ccc2n1. The predicted molar refractivity (Wildman–Crippen MR) is 80.7 cm³/mol. The van der Waals surface area contributed by atoms with E-state index in [1.165, 1.54) is 0 Å². The van der Waals surface area contributed by atoms with Crippen LogP contribution in [0, 0.1) is 12.8 Å². The lowest BCUT2D eigenvalue weighted by Crippen LogP contribution is -2.31. The van der Waals surface area contributed by atoms with Crippen molar-refractivity contribution in [1.82, 2.24) is 4.98 Å². The third kappa shape index (κ3) is 2.59. The van der Waals surface area contributed by atoms with Gasteiger partial charge in [-0.05, 0) is 50.5 Å². The highest BCUT2D eigenvalue weighted by Gasteiger charge is 2.26. The molecule has 0 bridgehead atoms. The second-order valence-electron chi connectivity index (χ2n) is 5.85. The molecule has 0 saturated heterocycles. The van der Waals surface area contributed by atoms with Crippen molar-refractivity contribution in [3.05, 3.63) is 41.6 Å². The van der Waals surface area contributed by atoms with Crippen molar-refractivity contribution >= 4 is 16.7 Å². The highest BCUT2D eigenvalue weighted by molar-refractivity contribution is 6.00. The number of aromatic nitrogens is 1. The van der Waals surface area contributed by atoms with E-state index in [4.69, 9.17) is 5.73 Å². The largest absolute Gasteiger partial charge is 0.328 e. The summed E-state index contributed by atoms with van der Waals surface area (Å²) < 4.78 is 0. The summed E-state index contributed by atoms with van der Waals surface area (Å²) in [6.07, 6.45) is 3.90. The van der Waals surface area contributed by atoms with Crippen molar-refractivity contribution in [3.63, 3.8) is 0 Å². The fourth-order valence-corrected chi connectivity index (χ4v) is 3.08. The van der Waals surface area contributed by atoms with Crippen LogP contribution >= 0.6 is 0 Å². The summed E-state index contributed by atoms with van der Waals surface area (Å²) in [4.78, 5) is 17.0. The average molecular weight is 268 g/mol. The van der Waals surface area contributed by atoms with Crippen molar-refractivity contribution in [2.75, 3.05) is 0 Å². The van der Waals surface area contributed by atoms with Crippen LogP contribution in [0.4, 0.5) is 0 Å². The first kappa shape index (κ1) is 13.3. The van der Waals surface area contributed by atoms with Crippen molar-refractivity contribution < 1.29 is 4.79 Å². The fourth-order valence-electron chi connectivity index (χ4n) is 3.08. The highest BCUT2D eigenvalue weighted by atomic mass is 16.1. The molecule has 20 heavy (non-hydrogen) atoms. The summed E-state index contributed by atoms with van der Waals surface area (Å²) in [7, 11) is 0. The van der Waals surface area contributed by atoms with E-state index < -0.39 is 0 Å². The van der Waals surface area contributed by atoms with Crippen LogP contribution < -0.4 is 5.73 Å². The van der Waals surface area contributed by atoms with Crippen LogP contribution in [0.15, 0.2) is 30.3 Å². The van der Waals surface area contributed by atoms with Crippen molar-refractivity contribution in [3.8, 4) is 0 Å². The molecule has 1 aliphatic carbocycles. The number of Topliss-reactive ketones (excluding diaryl/α,β-unsaturated/α-hetero) is 1. The highest BCUT2D eigenvalue weighted by Crippen LogP contribution is 2.27. The van der Waals surface area contributed by atoms with Gasteiger partial charge in [0.25, 0.3) is 0 Å². The predicted octanol–water partition coefficient (Wildman–Crippen LogP) is 3.24. The number of aryl methyl sites for hydroxylation is 1. The Morgan fingerprint density at radius 3 is 2.90 bits per heavy atom. The molecular weight excluding hydrogens is 248 g/mol. The molecule has 3 nitrogen and oxygen atoms in total. The number of fused-ring (bicyclic) bond motifs is 1. The molecule has 0 radical (unpaired) electrons. The number of rotatable bonds is 2. The van der Waals surface area contributed by atoms with E-state index in [0.717, 1.165) is 47.8 Å². The zero-order valence-electron chi connectivity index (χ0n) is 11.8. The summed E-state index contributed by atoms with van der Waals surface area (Å²) in [5, 5.41) is 1.03. The van der Waals surface area contributed by atoms with Crippen LogP contribution in [0.3, 0.4) is 0 Å². The third-order valence-corrected chi connectivity index (χ3v) is 4.20. The second-order valence-corrected chi connectivity index (χ2v) is 5.85. The molecule has 2 unspecified atom stereocenters. The first-order valence-electron chi connectivity index (χ1n) is 7.31. The van der Waals surface area contributed by atoms with E-state index in [0.29, 0.717) is 0 Å². The van der Waals surface area contributed by atoms with E-state index in [-0.39, 0.29) is 17.7 Å². The summed E-state index contributed by atoms with van der Waals surface area (Å²) in [6, 6.07) is 10.00. The first-order valence-corrected chi connectivity index (χ1v) is 7.31. The number of pyridine rings is 1. The van der Waals surface area contributed by atoms with Gasteiger partial charge in [0, 0.05) is 28.6 Å². The lowest BCUT2D eigenvalue weighted by atomic mass is 9.81. The summed E-state index contributed by atoms with van der Waals surface area (Å²) in [5.74, 6) is 0.331. The van der Waals surface area contributed by atoms with Gasteiger partial charge in [-0.3, -0.25) is 9.78 Å². The Hall–Kier alpha value is -1.74. The van der Waals surface area contributed by atoms with E-state index in [9.17, 15) is 4.79 Å². The average Bonchev–Trinajstić information content (AvgIpc) is 2.46. The normalized spacial score (nSPS) is 22.9. The van der Waals surface area contributed by atoms with Crippen LogP contribution in [0.25, 0.3) is 10.9 Å². The van der Waals surface area contributed by atoms with E-state index >= 15 is 0 Å². The maximum absolute atomic E-state index is 12.6. The summed E-state index contributed by atoms with van der Waals surface area (Å²) in [5.41, 5.74) is 8.72. The van der Waals surface area contributed by atoms with Gasteiger partial charge >= 0.3 is 0 Å². The minimum absolute atomic E-state index is 0.0922. The van der Waals surface area contributed by atoms with Crippen molar-refractivity contribution in [2.24, 2.45) is 11.7 Å². The molecule has 104 valence electrons. The molecule has 0 spiro atoms. The summed E-state index contributed by atoms with van der Waals surface area (Å²) in [6.45, 7) is 1.97. The Labute approximate surface area is 119 Å². The minimum atomic E-state index is 0.0922. The molecule has 1 saturated carbocycles. The molecule has 2 N–H and O–H groups in total. The van der Waals surface area contributed by atoms with E-state index in [2.05, 4.69) is 4.98 Å².